The van der Waals surface area contributed by atoms with Crippen molar-refractivity contribution >= 4 is 44.2 Å². The van der Waals surface area contributed by atoms with Crippen LogP contribution in [0.25, 0.3) is 0 Å². The lowest BCUT2D eigenvalue weighted by Crippen LogP contribution is -2.44. The summed E-state index contributed by atoms with van der Waals surface area (Å²) in [6, 6.07) is 2.82. The Balaban J connectivity index is 0.000000259. The fraction of sp³-hybridized carbons (Fsp3) is 0.577. The molecule has 17 nitrogen and oxygen atoms in total. The van der Waals surface area contributed by atoms with Crippen LogP contribution in [0, 0.1) is 70.1 Å². The van der Waals surface area contributed by atoms with Crippen molar-refractivity contribution in [1.29, 1.82) is 0 Å². The SMILES string of the molecule is CCS(=O)(=O)NCCC(=O)N1CCC([C@H](N)Cc2cc(F)c(F)cc2F)CC1.CS(=O)(=O)NCCC(=O)N1CCC([C@H](N)Cc2cc(F)c(F)cc2F)CC1.N[C@H](Cc1cc(F)c(F)cc1F)C1CCN(C(=O)CCNC=O)CC1. The monoisotopic (exact) mass is 1190 g/mol. The lowest BCUT2D eigenvalue weighted by atomic mass is 9.86. The van der Waals surface area contributed by atoms with Crippen molar-refractivity contribution in [3.8, 4) is 0 Å². The number of amides is 4. The molecule has 0 spiro atoms. The summed E-state index contributed by atoms with van der Waals surface area (Å²) >= 11 is 0. The molecule has 3 atom stereocenters. The zero-order chi connectivity index (χ0) is 59.5. The van der Waals surface area contributed by atoms with E-state index in [1.807, 2.05) is 0 Å². The zero-order valence-electron chi connectivity index (χ0n) is 44.6. The molecule has 3 heterocycles. The van der Waals surface area contributed by atoms with Gasteiger partial charge in [-0.3, -0.25) is 19.2 Å². The average Bonchev–Trinajstić information content (AvgIpc) is 3.43. The van der Waals surface area contributed by atoms with Crippen molar-refractivity contribution in [2.75, 3.05) is 70.9 Å². The van der Waals surface area contributed by atoms with E-state index in [0.29, 0.717) is 109 Å². The molecule has 3 aromatic carbocycles. The number of sulfonamides is 2. The molecule has 448 valence electrons. The number of nitrogens with one attached hydrogen (secondary N) is 3. The summed E-state index contributed by atoms with van der Waals surface area (Å²) in [6.07, 6.45) is 6.03. The van der Waals surface area contributed by atoms with E-state index in [1.165, 1.54) is 6.92 Å². The summed E-state index contributed by atoms with van der Waals surface area (Å²) < 4.78 is 170. The minimum atomic E-state index is -3.33. The summed E-state index contributed by atoms with van der Waals surface area (Å²) in [5.74, 6) is -9.68. The van der Waals surface area contributed by atoms with E-state index in [1.54, 1.807) is 14.7 Å². The number of nitrogens with zero attached hydrogens (tertiary/aromatic N) is 3. The number of halogens is 9. The predicted molar refractivity (Wildman–Crippen MR) is 280 cm³/mol. The van der Waals surface area contributed by atoms with Gasteiger partial charge in [0.1, 0.15) is 17.5 Å². The number of hydrogen-bond donors (Lipinski definition) is 6. The van der Waals surface area contributed by atoms with Gasteiger partial charge in [0.15, 0.2) is 34.9 Å². The normalized spacial score (nSPS) is 16.9. The van der Waals surface area contributed by atoms with E-state index in [2.05, 4.69) is 14.8 Å². The second-order valence-electron chi connectivity index (χ2n) is 20.1. The summed E-state index contributed by atoms with van der Waals surface area (Å²) in [6.45, 7) is 4.89. The summed E-state index contributed by atoms with van der Waals surface area (Å²) in [5, 5.41) is 2.45. The second kappa shape index (κ2) is 31.7. The molecular formula is C52H72F9N9O8S2. The standard InChI is InChI=1S/C18H26F3N3O3S.C17H24F3N3O3S.C17H22F3N3O2/c1-2-28(26,27)23-6-3-18(25)24-7-4-12(5-8-24)17(22)10-13-9-15(20)16(21)11-14(13)19;1-27(25,26)22-5-2-17(24)23-6-3-11(4-7-23)16(21)9-12-8-14(19)15(20)10-13(12)18;18-13-9-15(20)14(19)7-12(13)8-16(21)11-2-5-23(6-3-11)17(25)1-4-22-10-24/h9,11-12,17,23H,2-8,10,22H2,1H3;8,10-11,16,22H,2-7,9,21H2,1H3;7,9-11,16H,1-6,8,21H2,(H,22,24)/t17-;2*16-/m111/s1. The fourth-order valence-electron chi connectivity index (χ4n) is 9.62. The Kier molecular flexibility index (Phi) is 26.6. The van der Waals surface area contributed by atoms with Crippen LogP contribution in [0.15, 0.2) is 36.4 Å². The number of rotatable bonds is 22. The maximum Gasteiger partial charge on any atom is 0.224 e. The van der Waals surface area contributed by atoms with Gasteiger partial charge in [-0.2, -0.15) is 0 Å². The Morgan fingerprint density at radius 2 is 0.775 bits per heavy atom. The van der Waals surface area contributed by atoms with Crippen molar-refractivity contribution in [1.82, 2.24) is 29.5 Å². The van der Waals surface area contributed by atoms with Crippen LogP contribution >= 0.6 is 0 Å². The third-order valence-electron chi connectivity index (χ3n) is 14.4. The summed E-state index contributed by atoms with van der Waals surface area (Å²) in [4.78, 5) is 51.4. The molecule has 0 radical (unpaired) electrons. The van der Waals surface area contributed by atoms with Crippen LogP contribution in [0.3, 0.4) is 0 Å². The van der Waals surface area contributed by atoms with Crippen LogP contribution < -0.4 is 32.0 Å². The fourth-order valence-corrected chi connectivity index (χ4v) is 10.7. The highest BCUT2D eigenvalue weighted by Gasteiger charge is 2.31. The molecule has 28 heteroatoms. The number of carbonyl (C=O) groups excluding carboxylic acids is 4. The van der Waals surface area contributed by atoms with Crippen molar-refractivity contribution < 1.29 is 75.5 Å². The van der Waals surface area contributed by atoms with Gasteiger partial charge in [-0.05, 0) is 117 Å². The van der Waals surface area contributed by atoms with Crippen molar-refractivity contribution in [3.63, 3.8) is 0 Å². The number of nitrogens with two attached hydrogens (primary N) is 3. The number of benzene rings is 3. The predicted octanol–water partition coefficient (Wildman–Crippen LogP) is 4.04. The molecule has 0 aromatic heterocycles. The van der Waals surface area contributed by atoms with Crippen molar-refractivity contribution in [2.45, 2.75) is 102 Å². The van der Waals surface area contributed by atoms with Gasteiger partial charge in [-0.1, -0.05) is 0 Å². The van der Waals surface area contributed by atoms with Gasteiger partial charge in [-0.25, -0.2) is 65.8 Å². The molecule has 3 aliphatic rings. The van der Waals surface area contributed by atoms with Gasteiger partial charge in [0.05, 0.1) is 12.0 Å². The minimum absolute atomic E-state index is 0.0233. The zero-order valence-corrected chi connectivity index (χ0v) is 46.3. The first-order valence-electron chi connectivity index (χ1n) is 26.2. The van der Waals surface area contributed by atoms with Crippen LogP contribution in [-0.2, 0) is 58.5 Å². The molecule has 3 fully saturated rings. The second-order valence-corrected chi connectivity index (χ2v) is 24.0. The van der Waals surface area contributed by atoms with Gasteiger partial charge in [0.2, 0.25) is 44.2 Å². The Morgan fingerprint density at radius 1 is 0.500 bits per heavy atom. The van der Waals surface area contributed by atoms with E-state index in [-0.39, 0.29) is 110 Å². The van der Waals surface area contributed by atoms with Crippen molar-refractivity contribution in [3.05, 3.63) is 105 Å². The quantitative estimate of drug-likeness (QED) is 0.0362. The topological polar surface area (TPSA) is 260 Å². The minimum Gasteiger partial charge on any atom is -0.358 e. The van der Waals surface area contributed by atoms with Gasteiger partial charge < -0.3 is 37.2 Å². The average molecular weight is 1190 g/mol. The lowest BCUT2D eigenvalue weighted by molar-refractivity contribution is -0.133. The van der Waals surface area contributed by atoms with Gasteiger partial charge in [0.25, 0.3) is 0 Å². The maximum atomic E-state index is 13.8. The maximum absolute atomic E-state index is 13.8. The molecule has 6 rings (SSSR count). The van der Waals surface area contributed by atoms with Crippen LogP contribution in [0.4, 0.5) is 39.5 Å². The highest BCUT2D eigenvalue weighted by Crippen LogP contribution is 2.27. The Hall–Kier alpha value is -5.39. The van der Waals surface area contributed by atoms with Gasteiger partial charge in [0, 0.05) is 114 Å². The first kappa shape index (κ1) is 67.1. The third kappa shape index (κ3) is 21.8. The number of carbonyl (C=O) groups is 4. The first-order valence-corrected chi connectivity index (χ1v) is 29.7. The molecule has 0 aliphatic carbocycles. The van der Waals surface area contributed by atoms with Crippen LogP contribution in [0.2, 0.25) is 0 Å². The lowest BCUT2D eigenvalue weighted by Gasteiger charge is -2.35. The molecule has 9 N–H and O–H groups in total. The molecule has 0 saturated carbocycles. The molecule has 4 amide bonds. The van der Waals surface area contributed by atoms with E-state index in [4.69, 9.17) is 17.2 Å². The van der Waals surface area contributed by atoms with Crippen molar-refractivity contribution in [2.24, 2.45) is 35.0 Å². The number of piperidine rings is 3. The van der Waals surface area contributed by atoms with Gasteiger partial charge >= 0.3 is 0 Å². The first-order chi connectivity index (χ1) is 37.6. The number of hydrogen-bond acceptors (Lipinski definition) is 11. The molecule has 0 bridgehead atoms. The molecule has 3 aromatic rings. The Morgan fingerprint density at radius 3 is 1.05 bits per heavy atom. The highest BCUT2D eigenvalue weighted by molar-refractivity contribution is 7.89. The molecule has 80 heavy (non-hydrogen) atoms. The molecule has 0 unspecified atom stereocenters. The summed E-state index contributed by atoms with van der Waals surface area (Å²) in [5.41, 5.74) is 18.5. The van der Waals surface area contributed by atoms with E-state index >= 15 is 0 Å². The number of likely N-dealkylation sites (tertiary alicyclic amines) is 3. The van der Waals surface area contributed by atoms with E-state index in [9.17, 15) is 75.5 Å². The molecule has 3 aliphatic heterocycles. The van der Waals surface area contributed by atoms with Crippen LogP contribution in [0.5, 0.6) is 0 Å². The third-order valence-corrected chi connectivity index (χ3v) is 16.6. The Bertz CT molecular complexity index is 2790. The smallest absolute Gasteiger partial charge is 0.224 e. The van der Waals surface area contributed by atoms with Crippen LogP contribution in [0.1, 0.15) is 81.4 Å². The summed E-state index contributed by atoms with van der Waals surface area (Å²) in [7, 11) is -6.65. The van der Waals surface area contributed by atoms with Crippen LogP contribution in [-0.4, -0.2) is 145 Å². The molecule has 3 saturated heterocycles. The van der Waals surface area contributed by atoms with Gasteiger partial charge in [-0.15, -0.1) is 0 Å². The highest BCUT2D eigenvalue weighted by atomic mass is 32.2. The Labute approximate surface area is 461 Å². The molecular weight excluding hydrogens is 1110 g/mol. The van der Waals surface area contributed by atoms with E-state index in [0.717, 1.165) is 24.5 Å². The van der Waals surface area contributed by atoms with E-state index < -0.39 is 90.5 Å². The largest absolute Gasteiger partial charge is 0.358 e.